The lowest BCUT2D eigenvalue weighted by Crippen LogP contribution is -2.05. The van der Waals surface area contributed by atoms with E-state index >= 15 is 0 Å². The highest BCUT2D eigenvalue weighted by Gasteiger charge is 2.11. The Bertz CT molecular complexity index is 718. The number of Topliss-reactive ketones (excluding diaryl/α,β-unsaturated/α-hetero) is 1. The molecule has 0 aliphatic heterocycles. The normalized spacial score (nSPS) is 10.5. The van der Waals surface area contributed by atoms with E-state index in [0.29, 0.717) is 12.0 Å². The molecule has 0 atom stereocenters. The van der Waals surface area contributed by atoms with Gasteiger partial charge in [0, 0.05) is 29.0 Å². The van der Waals surface area contributed by atoms with Gasteiger partial charge in [0.05, 0.1) is 11.9 Å². The van der Waals surface area contributed by atoms with Crippen molar-refractivity contribution < 1.29 is 4.79 Å². The van der Waals surface area contributed by atoms with E-state index in [4.69, 9.17) is 0 Å². The SMILES string of the molecule is O=C(Cc1ccccn1)c1ccnc2ccccc12. The predicted octanol–water partition coefficient (Wildman–Crippen LogP) is 3.06. The van der Waals surface area contributed by atoms with Crippen LogP contribution in [-0.4, -0.2) is 15.8 Å². The van der Waals surface area contributed by atoms with E-state index in [1.807, 2.05) is 42.5 Å². The van der Waals surface area contributed by atoms with Gasteiger partial charge >= 0.3 is 0 Å². The number of pyridine rings is 2. The van der Waals surface area contributed by atoms with Crippen LogP contribution < -0.4 is 0 Å². The summed E-state index contributed by atoms with van der Waals surface area (Å²) in [6.45, 7) is 0. The molecule has 0 aliphatic rings. The van der Waals surface area contributed by atoms with Gasteiger partial charge in [0.25, 0.3) is 0 Å². The lowest BCUT2D eigenvalue weighted by Gasteiger charge is -2.04. The molecule has 3 aromatic rings. The fraction of sp³-hybridized carbons (Fsp3) is 0.0625. The van der Waals surface area contributed by atoms with Crippen LogP contribution in [0.2, 0.25) is 0 Å². The highest BCUT2D eigenvalue weighted by Crippen LogP contribution is 2.17. The Morgan fingerprint density at radius 2 is 1.74 bits per heavy atom. The molecule has 0 saturated carbocycles. The summed E-state index contributed by atoms with van der Waals surface area (Å²) in [4.78, 5) is 20.8. The van der Waals surface area contributed by atoms with Crippen LogP contribution in [0.5, 0.6) is 0 Å². The standard InChI is InChI=1S/C16H12N2O/c19-16(11-12-5-3-4-9-17-12)14-8-10-18-15-7-2-1-6-13(14)15/h1-10H,11H2. The van der Waals surface area contributed by atoms with E-state index in [1.54, 1.807) is 18.5 Å². The number of carbonyl (C=O) groups is 1. The number of carbonyl (C=O) groups excluding carboxylic acids is 1. The van der Waals surface area contributed by atoms with Gasteiger partial charge in [-0.15, -0.1) is 0 Å². The van der Waals surface area contributed by atoms with Crippen molar-refractivity contribution in [3.8, 4) is 0 Å². The zero-order valence-electron chi connectivity index (χ0n) is 10.3. The van der Waals surface area contributed by atoms with Crippen molar-refractivity contribution in [1.82, 2.24) is 9.97 Å². The van der Waals surface area contributed by atoms with Crippen LogP contribution >= 0.6 is 0 Å². The first-order valence-electron chi connectivity index (χ1n) is 6.11. The largest absolute Gasteiger partial charge is 0.294 e. The molecule has 3 heteroatoms. The maximum Gasteiger partial charge on any atom is 0.169 e. The third kappa shape index (κ3) is 2.36. The quantitative estimate of drug-likeness (QED) is 0.669. The van der Waals surface area contributed by atoms with Gasteiger partial charge in [-0.25, -0.2) is 0 Å². The second kappa shape index (κ2) is 4.98. The Labute approximate surface area is 111 Å². The molecule has 0 amide bonds. The number of nitrogens with zero attached hydrogens (tertiary/aromatic N) is 2. The van der Waals surface area contributed by atoms with Crippen molar-refractivity contribution in [3.05, 3.63) is 72.2 Å². The lowest BCUT2D eigenvalue weighted by atomic mass is 10.0. The molecular formula is C16H12N2O. The van der Waals surface area contributed by atoms with Gasteiger partial charge < -0.3 is 0 Å². The summed E-state index contributed by atoms with van der Waals surface area (Å²) in [5.41, 5.74) is 2.33. The summed E-state index contributed by atoms with van der Waals surface area (Å²) < 4.78 is 0. The fourth-order valence-corrected chi connectivity index (χ4v) is 2.10. The van der Waals surface area contributed by atoms with Gasteiger partial charge in [-0.2, -0.15) is 0 Å². The van der Waals surface area contributed by atoms with Crippen molar-refractivity contribution in [2.75, 3.05) is 0 Å². The molecule has 2 aromatic heterocycles. The topological polar surface area (TPSA) is 42.9 Å². The van der Waals surface area contributed by atoms with Gasteiger partial charge in [0.2, 0.25) is 0 Å². The van der Waals surface area contributed by atoms with Crippen molar-refractivity contribution in [2.45, 2.75) is 6.42 Å². The van der Waals surface area contributed by atoms with Gasteiger partial charge in [-0.1, -0.05) is 24.3 Å². The van der Waals surface area contributed by atoms with Gasteiger partial charge in [0.15, 0.2) is 5.78 Å². The van der Waals surface area contributed by atoms with Gasteiger partial charge in [0.1, 0.15) is 0 Å². The van der Waals surface area contributed by atoms with Gasteiger partial charge in [-0.05, 0) is 24.3 Å². The number of rotatable bonds is 3. The Kier molecular flexibility index (Phi) is 3.02. The van der Waals surface area contributed by atoms with Crippen LogP contribution in [-0.2, 0) is 6.42 Å². The molecule has 3 nitrogen and oxygen atoms in total. The van der Waals surface area contributed by atoms with Crippen LogP contribution in [0.4, 0.5) is 0 Å². The number of fused-ring (bicyclic) bond motifs is 1. The highest BCUT2D eigenvalue weighted by atomic mass is 16.1. The van der Waals surface area contributed by atoms with E-state index in [2.05, 4.69) is 9.97 Å². The third-order valence-corrected chi connectivity index (χ3v) is 3.02. The maximum atomic E-state index is 12.4. The van der Waals surface area contributed by atoms with E-state index in [9.17, 15) is 4.79 Å². The molecule has 19 heavy (non-hydrogen) atoms. The van der Waals surface area contributed by atoms with Gasteiger partial charge in [-0.3, -0.25) is 14.8 Å². The Morgan fingerprint density at radius 1 is 0.895 bits per heavy atom. The van der Waals surface area contributed by atoms with Crippen molar-refractivity contribution >= 4 is 16.7 Å². The predicted molar refractivity (Wildman–Crippen MR) is 74.0 cm³/mol. The second-order valence-electron chi connectivity index (χ2n) is 4.30. The number of benzene rings is 1. The average Bonchev–Trinajstić information content (AvgIpc) is 2.47. The van der Waals surface area contributed by atoms with Crippen LogP contribution in [0.3, 0.4) is 0 Å². The summed E-state index contributed by atoms with van der Waals surface area (Å²) in [5, 5.41) is 0.894. The molecule has 0 saturated heterocycles. The molecular weight excluding hydrogens is 236 g/mol. The van der Waals surface area contributed by atoms with E-state index in [-0.39, 0.29) is 5.78 Å². The number of hydrogen-bond acceptors (Lipinski definition) is 3. The maximum absolute atomic E-state index is 12.4. The summed E-state index contributed by atoms with van der Waals surface area (Å²) >= 11 is 0. The van der Waals surface area contributed by atoms with Crippen LogP contribution in [0.25, 0.3) is 10.9 Å². The molecule has 92 valence electrons. The van der Waals surface area contributed by atoms with E-state index < -0.39 is 0 Å². The monoisotopic (exact) mass is 248 g/mol. The van der Waals surface area contributed by atoms with Crippen LogP contribution in [0, 0.1) is 0 Å². The molecule has 2 heterocycles. The molecule has 3 rings (SSSR count). The van der Waals surface area contributed by atoms with Crippen molar-refractivity contribution in [2.24, 2.45) is 0 Å². The Morgan fingerprint density at radius 3 is 2.58 bits per heavy atom. The molecule has 0 spiro atoms. The Balaban J connectivity index is 1.98. The minimum absolute atomic E-state index is 0.0669. The zero-order valence-corrected chi connectivity index (χ0v) is 10.3. The first-order chi connectivity index (χ1) is 9.34. The number of para-hydroxylation sites is 1. The smallest absolute Gasteiger partial charge is 0.169 e. The highest BCUT2D eigenvalue weighted by molar-refractivity contribution is 6.07. The molecule has 0 N–H and O–H groups in total. The first-order valence-corrected chi connectivity index (χ1v) is 6.11. The average molecular weight is 248 g/mol. The summed E-state index contributed by atoms with van der Waals surface area (Å²) in [6.07, 6.45) is 3.69. The first kappa shape index (κ1) is 11.5. The summed E-state index contributed by atoms with van der Waals surface area (Å²) in [7, 11) is 0. The number of hydrogen-bond donors (Lipinski definition) is 0. The number of aromatic nitrogens is 2. The lowest BCUT2D eigenvalue weighted by molar-refractivity contribution is 0.0993. The van der Waals surface area contributed by atoms with E-state index in [1.165, 1.54) is 0 Å². The summed E-state index contributed by atoms with van der Waals surface area (Å²) in [6, 6.07) is 15.0. The Hall–Kier alpha value is -2.55. The minimum Gasteiger partial charge on any atom is -0.294 e. The molecule has 0 radical (unpaired) electrons. The molecule has 0 fully saturated rings. The molecule has 0 bridgehead atoms. The van der Waals surface area contributed by atoms with Crippen LogP contribution in [0.1, 0.15) is 16.1 Å². The van der Waals surface area contributed by atoms with Crippen molar-refractivity contribution in [1.29, 1.82) is 0 Å². The summed E-state index contributed by atoms with van der Waals surface area (Å²) in [5.74, 6) is 0.0669. The van der Waals surface area contributed by atoms with Crippen molar-refractivity contribution in [3.63, 3.8) is 0 Å². The minimum atomic E-state index is 0.0669. The molecule has 0 aliphatic carbocycles. The second-order valence-corrected chi connectivity index (χ2v) is 4.30. The fourth-order valence-electron chi connectivity index (χ4n) is 2.10. The molecule has 0 unspecified atom stereocenters. The number of ketones is 1. The van der Waals surface area contributed by atoms with E-state index in [0.717, 1.165) is 16.6 Å². The molecule has 1 aromatic carbocycles. The van der Waals surface area contributed by atoms with Crippen LogP contribution in [0.15, 0.2) is 60.9 Å². The third-order valence-electron chi connectivity index (χ3n) is 3.02. The zero-order chi connectivity index (χ0) is 13.1.